The zero-order valence-corrected chi connectivity index (χ0v) is 26.5. The van der Waals surface area contributed by atoms with E-state index in [-0.39, 0.29) is 23.2 Å². The number of anilines is 1. The Balaban J connectivity index is 1.10. The number of methoxy groups -OCH3 is 1. The zero-order chi connectivity index (χ0) is 32.6. The second-order valence-electron chi connectivity index (χ2n) is 12.4. The predicted molar refractivity (Wildman–Crippen MR) is 171 cm³/mol. The van der Waals surface area contributed by atoms with E-state index in [1.165, 1.54) is 18.2 Å². The Hall–Kier alpha value is -4.64. The number of hydrogen-bond acceptors (Lipinski definition) is 6. The topological polar surface area (TPSA) is 83.8 Å². The third-order valence-electron chi connectivity index (χ3n) is 9.30. The smallest absolute Gasteiger partial charge is 0.254 e. The van der Waals surface area contributed by atoms with E-state index in [4.69, 9.17) is 4.74 Å². The highest BCUT2D eigenvalue weighted by Gasteiger charge is 2.37. The van der Waals surface area contributed by atoms with Gasteiger partial charge in [0.15, 0.2) is 0 Å². The first-order valence-electron chi connectivity index (χ1n) is 15.5. The predicted octanol–water partition coefficient (Wildman–Crippen LogP) is 5.60. The molecule has 0 bridgehead atoms. The van der Waals surface area contributed by atoms with Crippen LogP contribution < -0.4 is 9.64 Å². The lowest BCUT2D eigenvalue weighted by Gasteiger charge is -2.43. The number of halogens is 2. The van der Waals surface area contributed by atoms with Crippen molar-refractivity contribution in [2.75, 3.05) is 44.7 Å². The summed E-state index contributed by atoms with van der Waals surface area (Å²) in [5, 5.41) is 8.88. The van der Waals surface area contributed by atoms with Crippen molar-refractivity contribution in [3.05, 3.63) is 95.3 Å². The first-order chi connectivity index (χ1) is 22.1. The van der Waals surface area contributed by atoms with E-state index >= 15 is 4.39 Å². The van der Waals surface area contributed by atoms with Gasteiger partial charge < -0.3 is 14.5 Å². The molecule has 3 aromatic carbocycles. The van der Waals surface area contributed by atoms with Crippen LogP contribution in [0, 0.1) is 18.6 Å². The van der Waals surface area contributed by atoms with Crippen LogP contribution >= 0.6 is 0 Å². The van der Waals surface area contributed by atoms with Crippen LogP contribution in [-0.4, -0.2) is 76.4 Å². The van der Waals surface area contributed by atoms with Crippen molar-refractivity contribution in [3.63, 3.8) is 0 Å². The van der Waals surface area contributed by atoms with Gasteiger partial charge in [-0.1, -0.05) is 17.3 Å². The van der Waals surface area contributed by atoms with Gasteiger partial charge in [0.2, 0.25) is 0 Å². The fourth-order valence-corrected chi connectivity index (χ4v) is 6.44. The second-order valence-corrected chi connectivity index (χ2v) is 12.4. The maximum atomic E-state index is 15.1. The molecule has 1 atom stereocenters. The molecule has 0 N–H and O–H groups in total. The molecule has 2 amide bonds. The van der Waals surface area contributed by atoms with E-state index in [0.717, 1.165) is 23.6 Å². The Morgan fingerprint density at radius 3 is 2.33 bits per heavy atom. The SMILES string of the molecule is COc1ccc(N2CCCC(n3cc(C(C)(C)N4CCN(C(=O)c5ccc(-c6ccc(F)cc6C)c(F)c5)CC4)nn3)C2=O)cc1. The van der Waals surface area contributed by atoms with Gasteiger partial charge >= 0.3 is 0 Å². The van der Waals surface area contributed by atoms with Gasteiger partial charge in [-0.05, 0) is 93.3 Å². The number of carbonyl (C=O) groups is 2. The number of rotatable bonds is 7. The quantitative estimate of drug-likeness (QED) is 0.265. The maximum absolute atomic E-state index is 15.1. The van der Waals surface area contributed by atoms with Gasteiger partial charge in [-0.25, -0.2) is 13.5 Å². The van der Waals surface area contributed by atoms with Gasteiger partial charge in [-0.3, -0.25) is 14.5 Å². The van der Waals surface area contributed by atoms with Crippen molar-refractivity contribution < 1.29 is 23.1 Å². The highest BCUT2D eigenvalue weighted by atomic mass is 19.1. The van der Waals surface area contributed by atoms with E-state index < -0.39 is 17.4 Å². The van der Waals surface area contributed by atoms with Crippen LogP contribution in [0.25, 0.3) is 11.1 Å². The molecule has 11 heteroatoms. The molecule has 2 aliphatic rings. The molecule has 6 rings (SSSR count). The van der Waals surface area contributed by atoms with Crippen molar-refractivity contribution in [1.29, 1.82) is 0 Å². The monoisotopic (exact) mass is 628 g/mol. The minimum atomic E-state index is -0.521. The lowest BCUT2D eigenvalue weighted by Crippen LogP contribution is -2.54. The van der Waals surface area contributed by atoms with Gasteiger partial charge in [0.1, 0.15) is 29.1 Å². The molecule has 1 unspecified atom stereocenters. The molecule has 2 aliphatic heterocycles. The molecule has 2 fully saturated rings. The summed E-state index contributed by atoms with van der Waals surface area (Å²) in [7, 11) is 1.61. The molecule has 3 heterocycles. The van der Waals surface area contributed by atoms with Crippen molar-refractivity contribution in [2.24, 2.45) is 0 Å². The van der Waals surface area contributed by atoms with Crippen LogP contribution in [0.4, 0.5) is 14.5 Å². The lowest BCUT2D eigenvalue weighted by atomic mass is 9.97. The van der Waals surface area contributed by atoms with Crippen molar-refractivity contribution >= 4 is 17.5 Å². The maximum Gasteiger partial charge on any atom is 0.254 e. The summed E-state index contributed by atoms with van der Waals surface area (Å²) in [5.74, 6) is -0.417. The first-order valence-corrected chi connectivity index (χ1v) is 15.5. The normalized spacial score (nSPS) is 17.8. The third-order valence-corrected chi connectivity index (χ3v) is 9.30. The number of piperazine rings is 1. The molecular formula is C35H38F2N6O3. The molecule has 0 aliphatic carbocycles. The van der Waals surface area contributed by atoms with Crippen LogP contribution in [0.2, 0.25) is 0 Å². The molecule has 0 saturated carbocycles. The van der Waals surface area contributed by atoms with Crippen molar-refractivity contribution in [1.82, 2.24) is 24.8 Å². The lowest BCUT2D eigenvalue weighted by molar-refractivity contribution is -0.123. The molecule has 240 valence electrons. The van der Waals surface area contributed by atoms with Crippen LogP contribution in [0.3, 0.4) is 0 Å². The van der Waals surface area contributed by atoms with Crippen LogP contribution in [0.15, 0.2) is 66.9 Å². The van der Waals surface area contributed by atoms with E-state index in [1.54, 1.807) is 46.7 Å². The number of amides is 2. The van der Waals surface area contributed by atoms with E-state index in [2.05, 4.69) is 29.1 Å². The molecule has 2 saturated heterocycles. The largest absolute Gasteiger partial charge is 0.497 e. The van der Waals surface area contributed by atoms with Gasteiger partial charge in [0, 0.05) is 49.5 Å². The zero-order valence-electron chi connectivity index (χ0n) is 26.5. The Labute approximate surface area is 267 Å². The average molecular weight is 629 g/mol. The molecule has 9 nitrogen and oxygen atoms in total. The van der Waals surface area contributed by atoms with E-state index in [1.807, 2.05) is 30.5 Å². The van der Waals surface area contributed by atoms with Crippen LogP contribution in [0.5, 0.6) is 5.75 Å². The molecule has 0 radical (unpaired) electrons. The van der Waals surface area contributed by atoms with Gasteiger partial charge in [0.05, 0.1) is 18.8 Å². The Morgan fingerprint density at radius 2 is 1.65 bits per heavy atom. The average Bonchev–Trinajstić information content (AvgIpc) is 3.56. The first kappa shape index (κ1) is 31.3. The fourth-order valence-electron chi connectivity index (χ4n) is 6.44. The number of ether oxygens (including phenoxy) is 1. The minimum Gasteiger partial charge on any atom is -0.497 e. The number of aromatic nitrogens is 3. The molecule has 46 heavy (non-hydrogen) atoms. The number of aryl methyl sites for hydroxylation is 1. The fraction of sp³-hybridized carbons (Fsp3) is 0.371. The van der Waals surface area contributed by atoms with Gasteiger partial charge in [-0.2, -0.15) is 0 Å². The molecule has 4 aromatic rings. The van der Waals surface area contributed by atoms with Gasteiger partial charge in [-0.15, -0.1) is 5.10 Å². The van der Waals surface area contributed by atoms with Gasteiger partial charge in [0.25, 0.3) is 11.8 Å². The van der Waals surface area contributed by atoms with Crippen LogP contribution in [-0.2, 0) is 10.3 Å². The highest BCUT2D eigenvalue weighted by Crippen LogP contribution is 2.32. The standard InChI is InChI=1S/C35H38F2N6O3/c1-23-20-25(36)8-14-28(23)29-13-7-24(21-30(29)37)33(44)40-16-18-41(19-17-40)35(2,3)32-22-43(39-38-32)31-6-5-15-42(34(31)45)26-9-11-27(46-4)12-10-26/h7-14,20-22,31H,5-6,15-19H2,1-4H3. The summed E-state index contributed by atoms with van der Waals surface area (Å²) < 4.78 is 35.6. The third kappa shape index (κ3) is 5.99. The summed E-state index contributed by atoms with van der Waals surface area (Å²) in [4.78, 5) is 32.6. The number of hydrogen-bond donors (Lipinski definition) is 0. The second kappa shape index (κ2) is 12.6. The summed E-state index contributed by atoms with van der Waals surface area (Å²) in [6.07, 6.45) is 3.39. The van der Waals surface area contributed by atoms with Crippen LogP contribution in [0.1, 0.15) is 54.3 Å². The van der Waals surface area contributed by atoms with E-state index in [9.17, 15) is 14.0 Å². The van der Waals surface area contributed by atoms with Crippen molar-refractivity contribution in [3.8, 4) is 16.9 Å². The molecule has 1 aromatic heterocycles. The molecular weight excluding hydrogens is 590 g/mol. The number of piperidine rings is 1. The Kier molecular flexibility index (Phi) is 8.61. The highest BCUT2D eigenvalue weighted by molar-refractivity contribution is 5.97. The number of benzene rings is 3. The minimum absolute atomic E-state index is 0.0185. The number of carbonyl (C=O) groups excluding carboxylic acids is 2. The number of nitrogens with zero attached hydrogens (tertiary/aromatic N) is 6. The summed E-state index contributed by atoms with van der Waals surface area (Å²) in [6.45, 7) is 8.62. The summed E-state index contributed by atoms with van der Waals surface area (Å²) >= 11 is 0. The summed E-state index contributed by atoms with van der Waals surface area (Å²) in [6, 6.07) is 15.7. The molecule has 0 spiro atoms. The summed E-state index contributed by atoms with van der Waals surface area (Å²) in [5.41, 5.74) is 2.89. The Morgan fingerprint density at radius 1 is 0.935 bits per heavy atom. The van der Waals surface area contributed by atoms with E-state index in [0.29, 0.717) is 55.8 Å². The van der Waals surface area contributed by atoms with Crippen molar-refractivity contribution in [2.45, 2.75) is 45.2 Å². The Bertz CT molecular complexity index is 1750.